The van der Waals surface area contributed by atoms with E-state index in [-0.39, 0.29) is 11.9 Å². The summed E-state index contributed by atoms with van der Waals surface area (Å²) in [6, 6.07) is 9.59. The van der Waals surface area contributed by atoms with Crippen molar-refractivity contribution in [3.63, 3.8) is 0 Å². The van der Waals surface area contributed by atoms with Crippen molar-refractivity contribution in [3.8, 4) is 0 Å². The number of hydrogen-bond donors (Lipinski definition) is 2. The second-order valence-corrected chi connectivity index (χ2v) is 7.30. The lowest BCUT2D eigenvalue weighted by atomic mass is 10.1. The molecule has 2 N–H and O–H groups in total. The average Bonchev–Trinajstić information content (AvgIpc) is 2.89. The highest BCUT2D eigenvalue weighted by Crippen LogP contribution is 2.18. The fourth-order valence-electron chi connectivity index (χ4n) is 3.23. The van der Waals surface area contributed by atoms with Crippen LogP contribution in [0.4, 0.5) is 5.95 Å². The van der Waals surface area contributed by atoms with Crippen molar-refractivity contribution in [1.29, 1.82) is 0 Å². The van der Waals surface area contributed by atoms with Gasteiger partial charge in [0.1, 0.15) is 5.69 Å². The normalized spacial score (nSPS) is 15.3. The van der Waals surface area contributed by atoms with Gasteiger partial charge in [0, 0.05) is 23.3 Å². The van der Waals surface area contributed by atoms with E-state index in [1.54, 1.807) is 6.07 Å². The summed E-state index contributed by atoms with van der Waals surface area (Å²) in [5, 5.41) is 7.03. The number of halogens is 1. The molecule has 0 saturated heterocycles. The molecule has 138 valence electrons. The number of anilines is 1. The van der Waals surface area contributed by atoms with E-state index >= 15 is 0 Å². The third-order valence-electron chi connectivity index (χ3n) is 4.64. The van der Waals surface area contributed by atoms with Gasteiger partial charge in [-0.1, -0.05) is 49.4 Å². The first kappa shape index (κ1) is 18.6. The molecule has 1 aromatic heterocycles. The van der Waals surface area contributed by atoms with E-state index < -0.39 is 0 Å². The summed E-state index contributed by atoms with van der Waals surface area (Å²) in [5.41, 5.74) is 2.26. The zero-order chi connectivity index (χ0) is 18.4. The zero-order valence-corrected chi connectivity index (χ0v) is 15.9. The predicted molar refractivity (Wildman–Crippen MR) is 105 cm³/mol. The molecular weight excluding hydrogens is 348 g/mol. The van der Waals surface area contributed by atoms with Crippen LogP contribution in [0.5, 0.6) is 0 Å². The molecule has 5 nitrogen and oxygen atoms in total. The highest BCUT2D eigenvalue weighted by Gasteiger charge is 2.17. The number of aromatic nitrogens is 2. The molecule has 1 saturated carbocycles. The van der Waals surface area contributed by atoms with Crippen LogP contribution in [-0.2, 0) is 6.54 Å². The summed E-state index contributed by atoms with van der Waals surface area (Å²) in [6.07, 6.45) is 6.99. The van der Waals surface area contributed by atoms with Crippen molar-refractivity contribution < 1.29 is 4.79 Å². The van der Waals surface area contributed by atoms with Gasteiger partial charge in [-0.05, 0) is 43.5 Å². The van der Waals surface area contributed by atoms with Crippen molar-refractivity contribution in [2.45, 2.75) is 58.0 Å². The lowest BCUT2D eigenvalue weighted by Gasteiger charge is -2.16. The van der Waals surface area contributed by atoms with E-state index in [1.807, 2.05) is 31.2 Å². The third kappa shape index (κ3) is 5.43. The van der Waals surface area contributed by atoms with E-state index in [2.05, 4.69) is 20.6 Å². The number of nitrogens with one attached hydrogen (secondary N) is 2. The Morgan fingerprint density at radius 1 is 1.12 bits per heavy atom. The fourth-order valence-corrected chi connectivity index (χ4v) is 3.36. The van der Waals surface area contributed by atoms with Gasteiger partial charge in [-0.3, -0.25) is 4.79 Å². The van der Waals surface area contributed by atoms with E-state index in [0.29, 0.717) is 23.2 Å². The Morgan fingerprint density at radius 2 is 1.81 bits per heavy atom. The molecule has 1 aromatic carbocycles. The van der Waals surface area contributed by atoms with Crippen molar-refractivity contribution >= 4 is 23.5 Å². The number of aryl methyl sites for hydroxylation is 1. The van der Waals surface area contributed by atoms with Gasteiger partial charge in [-0.15, -0.1) is 0 Å². The minimum absolute atomic E-state index is 0.114. The quantitative estimate of drug-likeness (QED) is 0.758. The molecule has 0 radical (unpaired) electrons. The smallest absolute Gasteiger partial charge is 0.270 e. The first-order chi connectivity index (χ1) is 12.6. The molecule has 1 aliphatic carbocycles. The summed E-state index contributed by atoms with van der Waals surface area (Å²) >= 11 is 5.91. The van der Waals surface area contributed by atoms with Crippen molar-refractivity contribution in [2.75, 3.05) is 5.32 Å². The maximum atomic E-state index is 12.6. The van der Waals surface area contributed by atoms with Crippen molar-refractivity contribution in [3.05, 3.63) is 52.3 Å². The summed E-state index contributed by atoms with van der Waals surface area (Å²) in [5.74, 6) is 0.350. The van der Waals surface area contributed by atoms with Gasteiger partial charge in [-0.2, -0.15) is 0 Å². The molecule has 0 unspecified atom stereocenters. The average molecular weight is 373 g/mol. The number of amides is 1. The van der Waals surface area contributed by atoms with Crippen LogP contribution < -0.4 is 10.6 Å². The number of hydrogen-bond acceptors (Lipinski definition) is 4. The largest absolute Gasteiger partial charge is 0.350 e. The monoisotopic (exact) mass is 372 g/mol. The Balaban J connectivity index is 1.64. The summed E-state index contributed by atoms with van der Waals surface area (Å²) in [4.78, 5) is 21.4. The molecule has 1 fully saturated rings. The highest BCUT2D eigenvalue weighted by atomic mass is 35.5. The number of rotatable bonds is 5. The molecule has 1 heterocycles. The summed E-state index contributed by atoms with van der Waals surface area (Å²) < 4.78 is 0. The minimum atomic E-state index is -0.114. The topological polar surface area (TPSA) is 66.9 Å². The Morgan fingerprint density at radius 3 is 2.50 bits per heavy atom. The standard InChI is InChI=1S/C20H25ClN4O/c1-14-12-18(19(26)24-17-6-4-2-3-5-7-17)25-20(23-14)22-13-15-8-10-16(21)11-9-15/h8-12,17H,2-7,13H2,1H3,(H,24,26)(H,22,23,25). The van der Waals surface area contributed by atoms with Crippen molar-refractivity contribution in [2.24, 2.45) is 0 Å². The Labute approximate surface area is 159 Å². The van der Waals surface area contributed by atoms with E-state index in [1.165, 1.54) is 25.7 Å². The molecule has 1 amide bonds. The van der Waals surface area contributed by atoms with Gasteiger partial charge in [0.15, 0.2) is 0 Å². The summed E-state index contributed by atoms with van der Waals surface area (Å²) in [7, 11) is 0. The molecule has 1 aliphatic rings. The van der Waals surface area contributed by atoms with Crippen LogP contribution in [0.2, 0.25) is 5.02 Å². The highest BCUT2D eigenvalue weighted by molar-refractivity contribution is 6.30. The van der Waals surface area contributed by atoms with Crippen LogP contribution in [0.3, 0.4) is 0 Å². The number of carbonyl (C=O) groups excluding carboxylic acids is 1. The second kappa shape index (κ2) is 8.99. The van der Waals surface area contributed by atoms with Gasteiger partial charge in [0.2, 0.25) is 5.95 Å². The lowest BCUT2D eigenvalue weighted by Crippen LogP contribution is -2.35. The Kier molecular flexibility index (Phi) is 6.45. The summed E-state index contributed by atoms with van der Waals surface area (Å²) in [6.45, 7) is 2.45. The van der Waals surface area contributed by atoms with Crippen LogP contribution in [-0.4, -0.2) is 21.9 Å². The van der Waals surface area contributed by atoms with Crippen LogP contribution in [0.25, 0.3) is 0 Å². The molecular formula is C20H25ClN4O. The first-order valence-corrected chi connectivity index (χ1v) is 9.63. The van der Waals surface area contributed by atoms with Crippen LogP contribution in [0.1, 0.15) is 60.3 Å². The van der Waals surface area contributed by atoms with Crippen molar-refractivity contribution in [1.82, 2.24) is 15.3 Å². The molecule has 0 atom stereocenters. The molecule has 2 aromatic rings. The first-order valence-electron chi connectivity index (χ1n) is 9.25. The van der Waals surface area contributed by atoms with Gasteiger partial charge >= 0.3 is 0 Å². The molecule has 26 heavy (non-hydrogen) atoms. The van der Waals surface area contributed by atoms with Gasteiger partial charge < -0.3 is 10.6 Å². The molecule has 0 spiro atoms. The molecule has 6 heteroatoms. The molecule has 0 aliphatic heterocycles. The van der Waals surface area contributed by atoms with Gasteiger partial charge in [0.25, 0.3) is 5.91 Å². The lowest BCUT2D eigenvalue weighted by molar-refractivity contribution is 0.0928. The maximum Gasteiger partial charge on any atom is 0.270 e. The Hall–Kier alpha value is -2.14. The molecule has 0 bridgehead atoms. The zero-order valence-electron chi connectivity index (χ0n) is 15.1. The van der Waals surface area contributed by atoms with Crippen LogP contribution in [0, 0.1) is 6.92 Å². The van der Waals surface area contributed by atoms with E-state index in [4.69, 9.17) is 11.6 Å². The SMILES string of the molecule is Cc1cc(C(=O)NC2CCCCCC2)nc(NCc2ccc(Cl)cc2)n1. The van der Waals surface area contributed by atoms with Crippen LogP contribution >= 0.6 is 11.6 Å². The van der Waals surface area contributed by atoms with Gasteiger partial charge in [-0.25, -0.2) is 9.97 Å². The van der Waals surface area contributed by atoms with Crippen LogP contribution in [0.15, 0.2) is 30.3 Å². The Bertz CT molecular complexity index is 740. The van der Waals surface area contributed by atoms with E-state index in [9.17, 15) is 4.79 Å². The maximum absolute atomic E-state index is 12.6. The second-order valence-electron chi connectivity index (χ2n) is 6.86. The van der Waals surface area contributed by atoms with E-state index in [0.717, 1.165) is 24.1 Å². The number of benzene rings is 1. The minimum Gasteiger partial charge on any atom is -0.350 e. The number of nitrogens with zero attached hydrogens (tertiary/aromatic N) is 2. The third-order valence-corrected chi connectivity index (χ3v) is 4.89. The van der Waals surface area contributed by atoms with Gasteiger partial charge in [0.05, 0.1) is 0 Å². The predicted octanol–water partition coefficient (Wildman–Crippen LogP) is 4.50. The number of carbonyl (C=O) groups is 1. The fraction of sp³-hybridized carbons (Fsp3) is 0.450. The molecule has 3 rings (SSSR count).